The number of methoxy groups -OCH3 is 1. The highest BCUT2D eigenvalue weighted by Crippen LogP contribution is 2.29. The van der Waals surface area contributed by atoms with Gasteiger partial charge in [-0.1, -0.05) is 11.3 Å². The highest BCUT2D eigenvalue weighted by atomic mass is 32.2. The minimum atomic E-state index is -3.12. The van der Waals surface area contributed by atoms with Crippen LogP contribution in [0.25, 0.3) is 10.2 Å². The summed E-state index contributed by atoms with van der Waals surface area (Å²) in [7, 11) is -1.50. The second-order valence-electron chi connectivity index (χ2n) is 5.24. The van der Waals surface area contributed by atoms with Crippen molar-refractivity contribution >= 4 is 36.5 Å². The fourth-order valence-electron chi connectivity index (χ4n) is 1.53. The molecule has 0 saturated heterocycles. The van der Waals surface area contributed by atoms with Crippen LogP contribution in [0.5, 0.6) is 5.75 Å². The number of fused-ring (bicyclic) bond motifs is 1. The Bertz CT molecular complexity index is 720. The predicted molar refractivity (Wildman–Crippen MR) is 83.6 cm³/mol. The molecule has 0 saturated carbocycles. The van der Waals surface area contributed by atoms with Crippen LogP contribution in [-0.4, -0.2) is 38.1 Å². The third-order valence-corrected chi connectivity index (χ3v) is 6.39. The van der Waals surface area contributed by atoms with E-state index in [0.717, 1.165) is 16.0 Å². The molecule has 7 heteroatoms. The average molecular weight is 314 g/mol. The van der Waals surface area contributed by atoms with Gasteiger partial charge in [0.1, 0.15) is 5.75 Å². The van der Waals surface area contributed by atoms with E-state index in [4.69, 9.17) is 4.74 Å². The summed E-state index contributed by atoms with van der Waals surface area (Å²) in [5, 5.41) is 3.82. The monoisotopic (exact) mass is 314 g/mol. The maximum Gasteiger partial charge on any atom is 0.183 e. The maximum absolute atomic E-state index is 11.7. The molecule has 0 spiro atoms. The number of hydrogen-bond donors (Lipinski definition) is 1. The Morgan fingerprint density at radius 3 is 2.70 bits per heavy atom. The summed E-state index contributed by atoms with van der Waals surface area (Å²) in [6.45, 7) is 3.72. The zero-order chi connectivity index (χ0) is 15.0. The largest absolute Gasteiger partial charge is 0.497 e. The SMILES string of the molecule is COc1ccc2nc(NCC(C)(C)S(C)(=O)=O)sc2c1. The number of nitrogens with zero attached hydrogens (tertiary/aromatic N) is 1. The number of hydrogen-bond acceptors (Lipinski definition) is 6. The Kier molecular flexibility index (Phi) is 3.93. The van der Waals surface area contributed by atoms with E-state index in [9.17, 15) is 8.42 Å². The van der Waals surface area contributed by atoms with Crippen LogP contribution in [0.1, 0.15) is 13.8 Å². The Balaban J connectivity index is 2.19. The van der Waals surface area contributed by atoms with Crippen LogP contribution in [0, 0.1) is 0 Å². The van der Waals surface area contributed by atoms with Crippen LogP contribution in [0.2, 0.25) is 0 Å². The zero-order valence-electron chi connectivity index (χ0n) is 11.9. The smallest absolute Gasteiger partial charge is 0.183 e. The van der Waals surface area contributed by atoms with E-state index in [1.165, 1.54) is 17.6 Å². The number of rotatable bonds is 5. The number of aromatic nitrogens is 1. The molecular weight excluding hydrogens is 296 g/mol. The van der Waals surface area contributed by atoms with Gasteiger partial charge in [-0.15, -0.1) is 0 Å². The summed E-state index contributed by atoms with van der Waals surface area (Å²) in [4.78, 5) is 4.43. The summed E-state index contributed by atoms with van der Waals surface area (Å²) < 4.78 is 28.7. The van der Waals surface area contributed by atoms with Crippen molar-refractivity contribution in [1.82, 2.24) is 4.98 Å². The van der Waals surface area contributed by atoms with Crippen molar-refractivity contribution in [1.29, 1.82) is 0 Å². The molecule has 0 fully saturated rings. The summed E-state index contributed by atoms with van der Waals surface area (Å²) in [6, 6.07) is 5.66. The van der Waals surface area contributed by atoms with Gasteiger partial charge in [-0.05, 0) is 32.0 Å². The second-order valence-corrected chi connectivity index (χ2v) is 8.92. The fraction of sp³-hybridized carbons (Fsp3) is 0.462. The predicted octanol–water partition coefficient (Wildman–Crippen LogP) is 2.54. The van der Waals surface area contributed by atoms with E-state index in [2.05, 4.69) is 10.3 Å². The van der Waals surface area contributed by atoms with Crippen molar-refractivity contribution in [3.8, 4) is 5.75 Å². The summed E-state index contributed by atoms with van der Waals surface area (Å²) in [6.07, 6.45) is 1.25. The maximum atomic E-state index is 11.7. The van der Waals surface area contributed by atoms with Gasteiger partial charge in [0.15, 0.2) is 15.0 Å². The molecule has 1 N–H and O–H groups in total. The molecule has 0 amide bonds. The molecule has 1 aromatic heterocycles. The first-order valence-corrected chi connectivity index (χ1v) is 8.82. The lowest BCUT2D eigenvalue weighted by Crippen LogP contribution is -2.38. The van der Waals surface area contributed by atoms with E-state index >= 15 is 0 Å². The zero-order valence-corrected chi connectivity index (χ0v) is 13.6. The van der Waals surface area contributed by atoms with Crippen molar-refractivity contribution in [3.63, 3.8) is 0 Å². The molecule has 1 heterocycles. The molecule has 0 aliphatic heterocycles. The Hall–Kier alpha value is -1.34. The van der Waals surface area contributed by atoms with E-state index in [-0.39, 0.29) is 0 Å². The third kappa shape index (κ3) is 3.04. The lowest BCUT2D eigenvalue weighted by atomic mass is 10.2. The van der Waals surface area contributed by atoms with Crippen LogP contribution >= 0.6 is 11.3 Å². The number of ether oxygens (including phenoxy) is 1. The molecule has 0 aliphatic rings. The number of nitrogens with one attached hydrogen (secondary N) is 1. The molecule has 0 radical (unpaired) electrons. The molecule has 0 atom stereocenters. The molecule has 0 unspecified atom stereocenters. The Labute approximate surface area is 122 Å². The number of benzene rings is 1. The number of anilines is 1. The molecule has 1 aromatic carbocycles. The minimum absolute atomic E-state index is 0.322. The van der Waals surface area contributed by atoms with Gasteiger partial charge in [0.25, 0.3) is 0 Å². The van der Waals surface area contributed by atoms with Gasteiger partial charge in [0.05, 0.1) is 22.1 Å². The van der Waals surface area contributed by atoms with E-state index in [1.807, 2.05) is 18.2 Å². The van der Waals surface area contributed by atoms with Crippen LogP contribution in [0.3, 0.4) is 0 Å². The van der Waals surface area contributed by atoms with Crippen molar-refractivity contribution in [2.24, 2.45) is 0 Å². The molecule has 20 heavy (non-hydrogen) atoms. The summed E-state index contributed by atoms with van der Waals surface area (Å²) in [5.41, 5.74) is 0.871. The fourth-order valence-corrected chi connectivity index (χ4v) is 2.75. The summed E-state index contributed by atoms with van der Waals surface area (Å²) in [5.74, 6) is 0.782. The van der Waals surface area contributed by atoms with Crippen LogP contribution in [-0.2, 0) is 9.84 Å². The highest BCUT2D eigenvalue weighted by molar-refractivity contribution is 7.92. The van der Waals surface area contributed by atoms with E-state index in [0.29, 0.717) is 11.7 Å². The van der Waals surface area contributed by atoms with Gasteiger partial charge >= 0.3 is 0 Å². The third-order valence-electron chi connectivity index (χ3n) is 3.26. The first-order valence-electron chi connectivity index (χ1n) is 6.11. The molecule has 2 rings (SSSR count). The normalized spacial score (nSPS) is 12.6. The standard InChI is InChI=1S/C13H18N2O3S2/c1-13(2,20(4,16)17)8-14-12-15-10-6-5-9(18-3)7-11(10)19-12/h5-7H,8H2,1-4H3,(H,14,15). The molecule has 5 nitrogen and oxygen atoms in total. The van der Waals surface area contributed by atoms with Crippen LogP contribution < -0.4 is 10.1 Å². The van der Waals surface area contributed by atoms with Gasteiger partial charge in [-0.2, -0.15) is 0 Å². The molecule has 0 aliphatic carbocycles. The van der Waals surface area contributed by atoms with E-state index < -0.39 is 14.6 Å². The number of sulfone groups is 1. The lowest BCUT2D eigenvalue weighted by Gasteiger charge is -2.22. The van der Waals surface area contributed by atoms with Crippen LogP contribution in [0.15, 0.2) is 18.2 Å². The van der Waals surface area contributed by atoms with Gasteiger partial charge in [0, 0.05) is 12.8 Å². The Morgan fingerprint density at radius 2 is 2.10 bits per heavy atom. The quantitative estimate of drug-likeness (QED) is 0.918. The topological polar surface area (TPSA) is 68.3 Å². The number of thiazole rings is 1. The minimum Gasteiger partial charge on any atom is -0.497 e. The molecule has 2 aromatic rings. The van der Waals surface area contributed by atoms with Crippen molar-refractivity contribution in [3.05, 3.63) is 18.2 Å². The Morgan fingerprint density at radius 1 is 1.40 bits per heavy atom. The lowest BCUT2D eigenvalue weighted by molar-refractivity contribution is 0.415. The van der Waals surface area contributed by atoms with Crippen molar-refractivity contribution in [2.45, 2.75) is 18.6 Å². The first-order chi connectivity index (χ1) is 9.23. The first kappa shape index (κ1) is 15.1. The van der Waals surface area contributed by atoms with Gasteiger partial charge < -0.3 is 10.1 Å². The molecule has 110 valence electrons. The van der Waals surface area contributed by atoms with E-state index in [1.54, 1.807) is 21.0 Å². The van der Waals surface area contributed by atoms with Gasteiger partial charge in [0.2, 0.25) is 0 Å². The van der Waals surface area contributed by atoms with Crippen molar-refractivity contribution in [2.75, 3.05) is 25.2 Å². The highest BCUT2D eigenvalue weighted by Gasteiger charge is 2.30. The molecule has 0 bridgehead atoms. The second kappa shape index (κ2) is 5.21. The van der Waals surface area contributed by atoms with Crippen molar-refractivity contribution < 1.29 is 13.2 Å². The summed E-state index contributed by atoms with van der Waals surface area (Å²) >= 11 is 1.48. The van der Waals surface area contributed by atoms with Gasteiger partial charge in [-0.3, -0.25) is 0 Å². The van der Waals surface area contributed by atoms with Crippen LogP contribution in [0.4, 0.5) is 5.13 Å². The molecular formula is C13H18N2O3S2. The van der Waals surface area contributed by atoms with Gasteiger partial charge in [-0.25, -0.2) is 13.4 Å². The average Bonchev–Trinajstić information content (AvgIpc) is 2.76.